The van der Waals surface area contributed by atoms with E-state index in [2.05, 4.69) is 4.84 Å². The second kappa shape index (κ2) is 5.82. The Balaban J connectivity index is 2.39. The lowest BCUT2D eigenvalue weighted by Gasteiger charge is -2.19. The average Bonchev–Trinajstić information content (AvgIpc) is 2.38. The fourth-order valence-electron chi connectivity index (χ4n) is 1.37. The number of carbonyl (C=O) groups excluding carboxylic acids is 1. The highest BCUT2D eigenvalue weighted by molar-refractivity contribution is 7.91. The normalized spacial score (nSPS) is 19.4. The third-order valence-corrected chi connectivity index (χ3v) is 3.91. The molecule has 98 valence electrons. The van der Waals surface area contributed by atoms with Crippen molar-refractivity contribution in [3.8, 4) is 0 Å². The van der Waals surface area contributed by atoms with Crippen molar-refractivity contribution in [1.82, 2.24) is 10.4 Å². The van der Waals surface area contributed by atoms with Crippen molar-refractivity contribution in [2.75, 3.05) is 31.2 Å². The first-order valence-electron chi connectivity index (χ1n) is 4.99. The number of carbonyl (C=O) groups is 2. The summed E-state index contributed by atoms with van der Waals surface area (Å²) >= 11 is 0. The first-order valence-corrected chi connectivity index (χ1v) is 6.82. The summed E-state index contributed by atoms with van der Waals surface area (Å²) in [5, 5.41) is 8.28. The first kappa shape index (κ1) is 13.7. The van der Waals surface area contributed by atoms with Crippen LogP contribution < -0.4 is 5.48 Å². The number of nitrogens with one attached hydrogen (secondary N) is 1. The molecule has 0 bridgehead atoms. The maximum Gasteiger partial charge on any atom is 0.341 e. The number of hydrogen-bond donors (Lipinski definition) is 2. The van der Waals surface area contributed by atoms with Gasteiger partial charge in [-0.1, -0.05) is 0 Å². The van der Waals surface area contributed by atoms with Gasteiger partial charge in [0, 0.05) is 13.1 Å². The molecule has 0 spiro atoms. The van der Waals surface area contributed by atoms with Gasteiger partial charge in [-0.05, 0) is 6.42 Å². The minimum Gasteiger partial charge on any atom is -0.479 e. The number of nitrogens with zero attached hydrogens (tertiary/aromatic N) is 1. The zero-order valence-corrected chi connectivity index (χ0v) is 9.90. The van der Waals surface area contributed by atoms with Crippen molar-refractivity contribution in [3.63, 3.8) is 0 Å². The molecule has 2 amide bonds. The zero-order valence-electron chi connectivity index (χ0n) is 9.09. The van der Waals surface area contributed by atoms with E-state index in [-0.39, 0.29) is 18.1 Å². The van der Waals surface area contributed by atoms with E-state index in [0.29, 0.717) is 13.0 Å². The molecule has 0 saturated carbocycles. The van der Waals surface area contributed by atoms with Crippen molar-refractivity contribution in [2.45, 2.75) is 6.42 Å². The van der Waals surface area contributed by atoms with Crippen LogP contribution >= 0.6 is 0 Å². The molecular formula is C8H14N2O6S. The maximum atomic E-state index is 11.4. The molecule has 1 heterocycles. The molecule has 0 aromatic carbocycles. The van der Waals surface area contributed by atoms with E-state index >= 15 is 0 Å². The van der Waals surface area contributed by atoms with Crippen LogP contribution in [-0.4, -0.2) is 61.6 Å². The predicted molar refractivity (Wildman–Crippen MR) is 57.0 cm³/mol. The van der Waals surface area contributed by atoms with Gasteiger partial charge in [-0.3, -0.25) is 4.84 Å². The van der Waals surface area contributed by atoms with Gasteiger partial charge >= 0.3 is 12.0 Å². The summed E-state index contributed by atoms with van der Waals surface area (Å²) in [6.07, 6.45) is 0.370. The molecule has 0 aromatic heterocycles. The van der Waals surface area contributed by atoms with E-state index in [4.69, 9.17) is 5.11 Å². The van der Waals surface area contributed by atoms with E-state index < -0.39 is 28.4 Å². The van der Waals surface area contributed by atoms with Crippen LogP contribution in [0.2, 0.25) is 0 Å². The second-order valence-electron chi connectivity index (χ2n) is 3.58. The number of rotatable bonds is 3. The Hall–Kier alpha value is -1.35. The molecule has 1 aliphatic rings. The van der Waals surface area contributed by atoms with Gasteiger partial charge < -0.3 is 10.0 Å². The zero-order chi connectivity index (χ0) is 12.9. The van der Waals surface area contributed by atoms with Crippen LogP contribution in [0.4, 0.5) is 4.79 Å². The summed E-state index contributed by atoms with van der Waals surface area (Å²) in [5.74, 6) is -1.23. The third-order valence-electron chi connectivity index (χ3n) is 2.20. The lowest BCUT2D eigenvalue weighted by atomic mass is 10.4. The molecule has 1 saturated heterocycles. The molecular weight excluding hydrogens is 252 g/mol. The number of sulfone groups is 1. The first-order chi connectivity index (χ1) is 7.91. The van der Waals surface area contributed by atoms with E-state index in [1.54, 1.807) is 0 Å². The SMILES string of the molecule is O=C(O)CONC(=O)N1CCCS(=O)(=O)CC1. The van der Waals surface area contributed by atoms with Gasteiger partial charge in [0.2, 0.25) is 0 Å². The fraction of sp³-hybridized carbons (Fsp3) is 0.750. The molecule has 0 aliphatic carbocycles. The average molecular weight is 266 g/mol. The van der Waals surface area contributed by atoms with E-state index in [0.717, 1.165) is 0 Å². The fourth-order valence-corrected chi connectivity index (χ4v) is 2.64. The summed E-state index contributed by atoms with van der Waals surface area (Å²) in [5.41, 5.74) is 1.95. The number of carboxylic acid groups (broad SMARTS) is 1. The third kappa shape index (κ3) is 5.00. The van der Waals surface area contributed by atoms with Crippen molar-refractivity contribution in [3.05, 3.63) is 0 Å². The molecule has 1 aliphatic heterocycles. The van der Waals surface area contributed by atoms with Gasteiger partial charge in [0.25, 0.3) is 0 Å². The van der Waals surface area contributed by atoms with Gasteiger partial charge in [-0.25, -0.2) is 23.5 Å². The lowest BCUT2D eigenvalue weighted by Crippen LogP contribution is -2.42. The summed E-state index contributed by atoms with van der Waals surface area (Å²) < 4.78 is 22.5. The molecule has 2 N–H and O–H groups in total. The molecule has 0 unspecified atom stereocenters. The van der Waals surface area contributed by atoms with Crippen LogP contribution in [0.5, 0.6) is 0 Å². The molecule has 0 radical (unpaired) electrons. The quantitative estimate of drug-likeness (QED) is 0.622. The molecule has 1 fully saturated rings. The van der Waals surface area contributed by atoms with Crippen molar-refractivity contribution < 1.29 is 28.0 Å². The van der Waals surface area contributed by atoms with E-state index in [1.165, 1.54) is 4.90 Å². The van der Waals surface area contributed by atoms with Crippen LogP contribution in [0.1, 0.15) is 6.42 Å². The predicted octanol–water partition coefficient (Wildman–Crippen LogP) is -1.17. The Morgan fingerprint density at radius 2 is 2.00 bits per heavy atom. The Morgan fingerprint density at radius 3 is 2.65 bits per heavy atom. The number of hydrogen-bond acceptors (Lipinski definition) is 5. The molecule has 0 atom stereocenters. The van der Waals surface area contributed by atoms with E-state index in [9.17, 15) is 18.0 Å². The number of amides is 2. The van der Waals surface area contributed by atoms with Crippen molar-refractivity contribution >= 4 is 21.8 Å². The van der Waals surface area contributed by atoms with Crippen LogP contribution in [0.25, 0.3) is 0 Å². The Morgan fingerprint density at radius 1 is 1.29 bits per heavy atom. The summed E-state index contributed by atoms with van der Waals surface area (Å²) in [4.78, 5) is 27.3. The Labute approximate surface area is 98.4 Å². The largest absolute Gasteiger partial charge is 0.479 e. The topological polar surface area (TPSA) is 113 Å². The number of hydroxylamine groups is 1. The highest BCUT2D eigenvalue weighted by Gasteiger charge is 2.22. The van der Waals surface area contributed by atoms with Gasteiger partial charge in [-0.15, -0.1) is 0 Å². The molecule has 9 heteroatoms. The monoisotopic (exact) mass is 266 g/mol. The van der Waals surface area contributed by atoms with Gasteiger partial charge in [0.15, 0.2) is 16.4 Å². The molecule has 0 aromatic rings. The summed E-state index contributed by atoms with van der Waals surface area (Å²) in [6.45, 7) is -0.246. The molecule has 8 nitrogen and oxygen atoms in total. The van der Waals surface area contributed by atoms with Crippen molar-refractivity contribution in [2.24, 2.45) is 0 Å². The van der Waals surface area contributed by atoms with Crippen molar-refractivity contribution in [1.29, 1.82) is 0 Å². The number of carboxylic acids is 1. The van der Waals surface area contributed by atoms with Crippen LogP contribution in [0, 0.1) is 0 Å². The van der Waals surface area contributed by atoms with Gasteiger partial charge in [0.1, 0.15) is 0 Å². The Kier molecular flexibility index (Phi) is 4.70. The summed E-state index contributed by atoms with van der Waals surface area (Å²) in [6, 6.07) is -0.622. The van der Waals surface area contributed by atoms with Gasteiger partial charge in [0.05, 0.1) is 11.5 Å². The second-order valence-corrected chi connectivity index (χ2v) is 5.89. The number of urea groups is 1. The molecule has 17 heavy (non-hydrogen) atoms. The standard InChI is InChI=1S/C8H14N2O6S/c11-7(12)6-16-9-8(13)10-2-1-4-17(14,15)5-3-10/h1-6H2,(H,9,13)(H,11,12). The Bertz CT molecular complexity index is 393. The highest BCUT2D eigenvalue weighted by atomic mass is 32.2. The van der Waals surface area contributed by atoms with Crippen LogP contribution in [0.3, 0.4) is 0 Å². The molecule has 1 rings (SSSR count). The van der Waals surface area contributed by atoms with Crippen LogP contribution in [0.15, 0.2) is 0 Å². The minimum atomic E-state index is -3.08. The summed E-state index contributed by atoms with van der Waals surface area (Å²) in [7, 11) is -3.08. The maximum absolute atomic E-state index is 11.4. The van der Waals surface area contributed by atoms with Gasteiger partial charge in [-0.2, -0.15) is 0 Å². The minimum absolute atomic E-state index is 0.0623. The van der Waals surface area contributed by atoms with Crippen LogP contribution in [-0.2, 0) is 19.5 Å². The van der Waals surface area contributed by atoms with E-state index in [1.807, 2.05) is 5.48 Å². The smallest absolute Gasteiger partial charge is 0.341 e. The highest BCUT2D eigenvalue weighted by Crippen LogP contribution is 2.04. The number of aliphatic carboxylic acids is 1. The lowest BCUT2D eigenvalue weighted by molar-refractivity contribution is -0.144.